The SMILES string of the molecule is COc1ccc(C2NNCC2CNCC2CCCN(c3ncccn3)C2)c(F)c1. The van der Waals surface area contributed by atoms with E-state index in [4.69, 9.17) is 4.74 Å². The van der Waals surface area contributed by atoms with Gasteiger partial charge in [-0.15, -0.1) is 0 Å². The van der Waals surface area contributed by atoms with Crippen LogP contribution in [0.25, 0.3) is 0 Å². The lowest BCUT2D eigenvalue weighted by molar-refractivity contribution is 0.362. The average Bonchev–Trinajstić information content (AvgIpc) is 3.22. The van der Waals surface area contributed by atoms with Crippen molar-refractivity contribution in [3.63, 3.8) is 0 Å². The van der Waals surface area contributed by atoms with E-state index in [1.165, 1.54) is 12.5 Å². The highest BCUT2D eigenvalue weighted by Gasteiger charge is 2.30. The Hall–Kier alpha value is -2.29. The molecule has 2 saturated heterocycles. The van der Waals surface area contributed by atoms with E-state index >= 15 is 0 Å². The number of methoxy groups -OCH3 is 1. The van der Waals surface area contributed by atoms with Crippen LogP contribution < -0.4 is 25.8 Å². The van der Waals surface area contributed by atoms with Gasteiger partial charge in [0.15, 0.2) is 0 Å². The van der Waals surface area contributed by atoms with Gasteiger partial charge in [-0.1, -0.05) is 6.07 Å². The van der Waals surface area contributed by atoms with Crippen molar-refractivity contribution in [2.24, 2.45) is 11.8 Å². The number of anilines is 1. The fraction of sp³-hybridized carbons (Fsp3) is 0.524. The van der Waals surface area contributed by atoms with Gasteiger partial charge in [0.2, 0.25) is 5.95 Å². The highest BCUT2D eigenvalue weighted by atomic mass is 19.1. The van der Waals surface area contributed by atoms with Gasteiger partial charge in [-0.3, -0.25) is 5.43 Å². The second-order valence-corrected chi connectivity index (χ2v) is 7.81. The van der Waals surface area contributed by atoms with E-state index < -0.39 is 0 Å². The highest BCUT2D eigenvalue weighted by Crippen LogP contribution is 2.29. The van der Waals surface area contributed by atoms with E-state index in [1.807, 2.05) is 18.2 Å². The molecular weight excluding hydrogens is 371 g/mol. The van der Waals surface area contributed by atoms with Crippen molar-refractivity contribution in [1.29, 1.82) is 0 Å². The fourth-order valence-electron chi connectivity index (χ4n) is 4.29. The van der Waals surface area contributed by atoms with Crippen LogP contribution in [0.2, 0.25) is 0 Å². The zero-order chi connectivity index (χ0) is 20.1. The molecule has 4 rings (SSSR count). The molecule has 0 aliphatic carbocycles. The molecule has 156 valence electrons. The molecule has 0 bridgehead atoms. The van der Waals surface area contributed by atoms with Crippen LogP contribution in [0, 0.1) is 17.7 Å². The van der Waals surface area contributed by atoms with Gasteiger partial charge in [0.05, 0.1) is 13.2 Å². The van der Waals surface area contributed by atoms with Crippen LogP contribution in [-0.4, -0.2) is 49.8 Å². The standard InChI is InChI=1S/C21H29FN6O/c1-29-17-5-6-18(19(22)10-17)20-16(13-26-27-20)12-23-11-15-4-2-9-28(14-15)21-24-7-3-8-25-21/h3,5-8,10,15-16,20,23,26-27H,2,4,9,11-14H2,1H3. The van der Waals surface area contributed by atoms with Crippen LogP contribution in [0.5, 0.6) is 5.75 Å². The summed E-state index contributed by atoms with van der Waals surface area (Å²) in [6.07, 6.45) is 5.94. The number of hydrazine groups is 1. The van der Waals surface area contributed by atoms with Crippen molar-refractivity contribution in [3.05, 3.63) is 48.0 Å². The summed E-state index contributed by atoms with van der Waals surface area (Å²) in [6.45, 7) is 4.55. The van der Waals surface area contributed by atoms with Crippen molar-refractivity contribution >= 4 is 5.95 Å². The number of ether oxygens (including phenoxy) is 1. The minimum absolute atomic E-state index is 0.0611. The third kappa shape index (κ3) is 4.83. The largest absolute Gasteiger partial charge is 0.497 e. The van der Waals surface area contributed by atoms with Crippen LogP contribution in [0.3, 0.4) is 0 Å². The molecule has 1 aromatic carbocycles. The molecule has 1 aromatic heterocycles. The first kappa shape index (κ1) is 20.0. The van der Waals surface area contributed by atoms with Crippen molar-refractivity contribution in [3.8, 4) is 5.75 Å². The summed E-state index contributed by atoms with van der Waals surface area (Å²) in [6, 6.07) is 6.85. The van der Waals surface area contributed by atoms with Crippen LogP contribution in [0.1, 0.15) is 24.4 Å². The summed E-state index contributed by atoms with van der Waals surface area (Å²) < 4.78 is 19.6. The van der Waals surface area contributed by atoms with Crippen LogP contribution in [0.15, 0.2) is 36.7 Å². The van der Waals surface area contributed by atoms with Crippen LogP contribution >= 0.6 is 0 Å². The molecule has 2 aliphatic rings. The predicted octanol–water partition coefficient (Wildman–Crippen LogP) is 1.90. The maximum absolute atomic E-state index is 14.5. The molecule has 0 amide bonds. The lowest BCUT2D eigenvalue weighted by Crippen LogP contribution is -2.41. The van der Waals surface area contributed by atoms with Gasteiger partial charge in [-0.2, -0.15) is 0 Å². The minimum Gasteiger partial charge on any atom is -0.497 e. The first-order chi connectivity index (χ1) is 14.2. The normalized spacial score (nSPS) is 24.6. The highest BCUT2D eigenvalue weighted by molar-refractivity contribution is 5.32. The lowest BCUT2D eigenvalue weighted by atomic mass is 9.93. The molecule has 3 heterocycles. The van der Waals surface area contributed by atoms with Crippen molar-refractivity contribution in [2.75, 3.05) is 44.7 Å². The van der Waals surface area contributed by atoms with Crippen LogP contribution in [0.4, 0.5) is 10.3 Å². The number of hydrogen-bond donors (Lipinski definition) is 3. The van der Waals surface area contributed by atoms with Gasteiger partial charge >= 0.3 is 0 Å². The maximum Gasteiger partial charge on any atom is 0.225 e. The molecule has 0 saturated carbocycles. The van der Waals surface area contributed by atoms with Gasteiger partial charge in [0.1, 0.15) is 11.6 Å². The number of nitrogens with one attached hydrogen (secondary N) is 3. The van der Waals surface area contributed by atoms with Crippen molar-refractivity contribution in [1.82, 2.24) is 26.1 Å². The Morgan fingerprint density at radius 3 is 2.93 bits per heavy atom. The smallest absolute Gasteiger partial charge is 0.225 e. The number of hydrogen-bond acceptors (Lipinski definition) is 7. The summed E-state index contributed by atoms with van der Waals surface area (Å²) in [5, 5.41) is 3.62. The molecule has 7 nitrogen and oxygen atoms in total. The van der Waals surface area contributed by atoms with Gasteiger partial charge in [-0.25, -0.2) is 19.8 Å². The van der Waals surface area contributed by atoms with E-state index in [-0.39, 0.29) is 17.8 Å². The first-order valence-corrected chi connectivity index (χ1v) is 10.3. The molecule has 0 radical (unpaired) electrons. The van der Waals surface area contributed by atoms with E-state index in [9.17, 15) is 4.39 Å². The molecule has 2 fully saturated rings. The number of piperidine rings is 1. The Bertz CT molecular complexity index is 792. The Labute approximate surface area is 171 Å². The third-order valence-corrected chi connectivity index (χ3v) is 5.83. The quantitative estimate of drug-likeness (QED) is 0.655. The molecule has 0 spiro atoms. The van der Waals surface area contributed by atoms with Gasteiger partial charge in [0, 0.05) is 56.1 Å². The van der Waals surface area contributed by atoms with Crippen molar-refractivity contribution < 1.29 is 9.13 Å². The summed E-state index contributed by atoms with van der Waals surface area (Å²) >= 11 is 0. The number of aromatic nitrogens is 2. The monoisotopic (exact) mass is 400 g/mol. The molecule has 3 atom stereocenters. The molecule has 3 N–H and O–H groups in total. The average molecular weight is 401 g/mol. The Morgan fingerprint density at radius 2 is 2.14 bits per heavy atom. The number of benzene rings is 1. The molecule has 3 unspecified atom stereocenters. The zero-order valence-electron chi connectivity index (χ0n) is 16.8. The lowest BCUT2D eigenvalue weighted by Gasteiger charge is -2.33. The fourth-order valence-corrected chi connectivity index (χ4v) is 4.29. The third-order valence-electron chi connectivity index (χ3n) is 5.83. The Balaban J connectivity index is 1.29. The zero-order valence-corrected chi connectivity index (χ0v) is 16.8. The van der Waals surface area contributed by atoms with E-state index in [2.05, 4.69) is 31.0 Å². The van der Waals surface area contributed by atoms with Crippen molar-refractivity contribution in [2.45, 2.75) is 18.9 Å². The summed E-state index contributed by atoms with van der Waals surface area (Å²) in [5.41, 5.74) is 7.08. The molecule has 2 aliphatic heterocycles. The first-order valence-electron chi connectivity index (χ1n) is 10.3. The van der Waals surface area contributed by atoms with E-state index in [0.29, 0.717) is 17.2 Å². The molecular formula is C21H29FN6O. The minimum atomic E-state index is -0.235. The topological polar surface area (TPSA) is 74.3 Å². The van der Waals surface area contributed by atoms with Crippen LogP contribution in [-0.2, 0) is 0 Å². The van der Waals surface area contributed by atoms with E-state index in [0.717, 1.165) is 45.1 Å². The van der Waals surface area contributed by atoms with E-state index in [1.54, 1.807) is 19.5 Å². The maximum atomic E-state index is 14.5. The molecule has 8 heteroatoms. The number of halogens is 1. The van der Waals surface area contributed by atoms with Gasteiger partial charge < -0.3 is 15.0 Å². The molecule has 2 aromatic rings. The van der Waals surface area contributed by atoms with Gasteiger partial charge in [0.25, 0.3) is 0 Å². The number of rotatable bonds is 7. The summed E-state index contributed by atoms with van der Waals surface area (Å²) in [7, 11) is 1.55. The Kier molecular flexibility index (Phi) is 6.53. The van der Waals surface area contributed by atoms with Gasteiger partial charge in [-0.05, 0) is 37.4 Å². The summed E-state index contributed by atoms with van der Waals surface area (Å²) in [4.78, 5) is 11.0. The molecule has 29 heavy (non-hydrogen) atoms. The number of nitrogens with zero attached hydrogens (tertiary/aromatic N) is 3. The second-order valence-electron chi connectivity index (χ2n) is 7.81. The predicted molar refractivity (Wildman–Crippen MR) is 110 cm³/mol. The Morgan fingerprint density at radius 1 is 1.28 bits per heavy atom. The second kappa shape index (κ2) is 9.47. The summed E-state index contributed by atoms with van der Waals surface area (Å²) in [5.74, 6) is 1.95.